The van der Waals surface area contributed by atoms with Crippen molar-refractivity contribution in [3.63, 3.8) is 0 Å². The quantitative estimate of drug-likeness (QED) is 0.455. The monoisotopic (exact) mass is 412 g/mol. The Labute approximate surface area is 178 Å². The number of hydrogen-bond acceptors (Lipinski definition) is 5. The SMILES string of the molecule is CCCOc1ccccc1Oc1ncccc1CN=C(NCC)NCC1CCCO1. The van der Waals surface area contributed by atoms with E-state index in [-0.39, 0.29) is 6.10 Å². The Bertz CT molecular complexity index is 807. The lowest BCUT2D eigenvalue weighted by molar-refractivity contribution is 0.114. The van der Waals surface area contributed by atoms with Gasteiger partial charge in [0.2, 0.25) is 5.88 Å². The van der Waals surface area contributed by atoms with Crippen LogP contribution >= 0.6 is 0 Å². The predicted octanol–water partition coefficient (Wildman–Crippen LogP) is 3.90. The van der Waals surface area contributed by atoms with Crippen LogP contribution in [-0.4, -0.2) is 43.4 Å². The Morgan fingerprint density at radius 2 is 2.03 bits per heavy atom. The number of aliphatic imine (C=N–C) groups is 1. The third-order valence-electron chi connectivity index (χ3n) is 4.64. The van der Waals surface area contributed by atoms with E-state index >= 15 is 0 Å². The van der Waals surface area contributed by atoms with Crippen LogP contribution in [0.1, 0.15) is 38.7 Å². The first-order valence-corrected chi connectivity index (χ1v) is 10.8. The van der Waals surface area contributed by atoms with Crippen LogP contribution in [0, 0.1) is 0 Å². The third-order valence-corrected chi connectivity index (χ3v) is 4.64. The van der Waals surface area contributed by atoms with Gasteiger partial charge >= 0.3 is 0 Å². The van der Waals surface area contributed by atoms with Gasteiger partial charge < -0.3 is 24.8 Å². The predicted molar refractivity (Wildman–Crippen MR) is 118 cm³/mol. The molecule has 0 amide bonds. The second-order valence-electron chi connectivity index (χ2n) is 7.08. The molecule has 0 aliphatic carbocycles. The molecule has 1 unspecified atom stereocenters. The fraction of sp³-hybridized carbons (Fsp3) is 0.478. The van der Waals surface area contributed by atoms with Gasteiger partial charge in [0.05, 0.1) is 19.3 Å². The molecule has 1 aromatic carbocycles. The molecule has 0 spiro atoms. The van der Waals surface area contributed by atoms with Crippen LogP contribution in [0.25, 0.3) is 0 Å². The molecule has 2 aromatic rings. The summed E-state index contributed by atoms with van der Waals surface area (Å²) in [7, 11) is 0. The van der Waals surface area contributed by atoms with Gasteiger partial charge in [-0.3, -0.25) is 0 Å². The van der Waals surface area contributed by atoms with Crippen molar-refractivity contribution in [1.82, 2.24) is 15.6 Å². The maximum absolute atomic E-state index is 6.11. The van der Waals surface area contributed by atoms with Gasteiger partial charge in [0, 0.05) is 31.5 Å². The lowest BCUT2D eigenvalue weighted by Crippen LogP contribution is -2.41. The first-order valence-electron chi connectivity index (χ1n) is 10.8. The number of hydrogen-bond donors (Lipinski definition) is 2. The maximum atomic E-state index is 6.11. The molecule has 162 valence electrons. The average Bonchev–Trinajstić information content (AvgIpc) is 3.30. The van der Waals surface area contributed by atoms with E-state index in [0.717, 1.165) is 50.5 Å². The molecule has 1 aliphatic rings. The fourth-order valence-corrected chi connectivity index (χ4v) is 3.13. The fourth-order valence-electron chi connectivity index (χ4n) is 3.13. The number of aromatic nitrogens is 1. The molecule has 1 atom stereocenters. The number of pyridine rings is 1. The molecule has 0 bridgehead atoms. The summed E-state index contributed by atoms with van der Waals surface area (Å²) in [6.07, 6.45) is 5.13. The van der Waals surface area contributed by atoms with Crippen molar-refractivity contribution in [2.75, 3.05) is 26.3 Å². The Hall–Kier alpha value is -2.80. The highest BCUT2D eigenvalue weighted by Gasteiger charge is 2.16. The summed E-state index contributed by atoms with van der Waals surface area (Å²) in [4.78, 5) is 9.13. The minimum Gasteiger partial charge on any atom is -0.490 e. The lowest BCUT2D eigenvalue weighted by atomic mass is 10.2. The van der Waals surface area contributed by atoms with Gasteiger partial charge in [-0.1, -0.05) is 25.1 Å². The number of rotatable bonds is 10. The molecular weight excluding hydrogens is 380 g/mol. The normalized spacial score (nSPS) is 16.3. The summed E-state index contributed by atoms with van der Waals surface area (Å²) < 4.78 is 17.6. The van der Waals surface area contributed by atoms with Crippen LogP contribution in [0.15, 0.2) is 47.6 Å². The minimum atomic E-state index is 0.255. The van der Waals surface area contributed by atoms with Crippen molar-refractivity contribution in [3.8, 4) is 17.4 Å². The van der Waals surface area contributed by atoms with E-state index in [1.165, 1.54) is 0 Å². The second-order valence-corrected chi connectivity index (χ2v) is 7.08. The van der Waals surface area contributed by atoms with Gasteiger partial charge in [0.25, 0.3) is 0 Å². The molecule has 7 heteroatoms. The number of guanidine groups is 1. The summed E-state index contributed by atoms with van der Waals surface area (Å²) >= 11 is 0. The molecule has 2 heterocycles. The van der Waals surface area contributed by atoms with Crippen molar-refractivity contribution in [2.45, 2.75) is 45.8 Å². The smallest absolute Gasteiger partial charge is 0.224 e. The van der Waals surface area contributed by atoms with Crippen LogP contribution in [0.2, 0.25) is 0 Å². The summed E-state index contributed by atoms with van der Waals surface area (Å²) in [5, 5.41) is 6.65. The van der Waals surface area contributed by atoms with E-state index in [1.54, 1.807) is 6.20 Å². The van der Waals surface area contributed by atoms with Crippen LogP contribution in [0.3, 0.4) is 0 Å². The molecule has 1 fully saturated rings. The molecule has 1 saturated heterocycles. The first kappa shape index (κ1) is 21.9. The Kier molecular flexibility index (Phi) is 8.78. The van der Waals surface area contributed by atoms with Crippen LogP contribution in [-0.2, 0) is 11.3 Å². The van der Waals surface area contributed by atoms with Crippen LogP contribution in [0.4, 0.5) is 0 Å². The number of para-hydroxylation sites is 2. The van der Waals surface area contributed by atoms with Gasteiger partial charge in [-0.05, 0) is 44.4 Å². The van der Waals surface area contributed by atoms with E-state index in [4.69, 9.17) is 19.2 Å². The van der Waals surface area contributed by atoms with Gasteiger partial charge in [-0.25, -0.2) is 9.98 Å². The standard InChI is InChI=1S/C23H32N4O3/c1-3-14-29-20-11-5-6-12-21(20)30-22-18(9-7-13-25-22)16-26-23(24-4-2)27-17-19-10-8-15-28-19/h5-7,9,11-13,19H,3-4,8,10,14-17H2,1-2H3,(H2,24,26,27). The van der Waals surface area contributed by atoms with Crippen molar-refractivity contribution >= 4 is 5.96 Å². The molecule has 7 nitrogen and oxygen atoms in total. The second kappa shape index (κ2) is 12.0. The third kappa shape index (κ3) is 6.62. The highest BCUT2D eigenvalue weighted by atomic mass is 16.5. The van der Waals surface area contributed by atoms with Crippen molar-refractivity contribution < 1.29 is 14.2 Å². The Balaban J connectivity index is 1.68. The van der Waals surface area contributed by atoms with E-state index in [1.807, 2.05) is 36.4 Å². The topological polar surface area (TPSA) is 77.0 Å². The van der Waals surface area contributed by atoms with Crippen LogP contribution in [0.5, 0.6) is 17.4 Å². The molecule has 1 aromatic heterocycles. The van der Waals surface area contributed by atoms with Gasteiger partial charge in [0.15, 0.2) is 17.5 Å². The van der Waals surface area contributed by atoms with E-state index < -0.39 is 0 Å². The van der Waals surface area contributed by atoms with Crippen molar-refractivity contribution in [3.05, 3.63) is 48.2 Å². The number of nitrogens with zero attached hydrogens (tertiary/aromatic N) is 2. The highest BCUT2D eigenvalue weighted by Crippen LogP contribution is 2.32. The zero-order valence-electron chi connectivity index (χ0n) is 17.9. The average molecular weight is 413 g/mol. The number of ether oxygens (including phenoxy) is 3. The Morgan fingerprint density at radius 1 is 1.17 bits per heavy atom. The van der Waals surface area contributed by atoms with Gasteiger partial charge in [-0.2, -0.15) is 0 Å². The summed E-state index contributed by atoms with van der Waals surface area (Å²) in [5.41, 5.74) is 0.900. The number of benzene rings is 1. The largest absolute Gasteiger partial charge is 0.490 e. The highest BCUT2D eigenvalue weighted by molar-refractivity contribution is 5.79. The molecule has 3 rings (SSSR count). The van der Waals surface area contributed by atoms with Crippen molar-refractivity contribution in [1.29, 1.82) is 0 Å². The van der Waals surface area contributed by atoms with E-state index in [0.29, 0.717) is 30.5 Å². The first-order chi connectivity index (χ1) is 14.8. The maximum Gasteiger partial charge on any atom is 0.224 e. The summed E-state index contributed by atoms with van der Waals surface area (Å²) in [5.74, 6) is 2.66. The van der Waals surface area contributed by atoms with Crippen molar-refractivity contribution in [2.24, 2.45) is 4.99 Å². The van der Waals surface area contributed by atoms with Gasteiger partial charge in [-0.15, -0.1) is 0 Å². The lowest BCUT2D eigenvalue weighted by Gasteiger charge is -2.15. The summed E-state index contributed by atoms with van der Waals surface area (Å²) in [6, 6.07) is 11.5. The van der Waals surface area contributed by atoms with E-state index in [9.17, 15) is 0 Å². The molecule has 2 N–H and O–H groups in total. The minimum absolute atomic E-state index is 0.255. The van der Waals surface area contributed by atoms with E-state index in [2.05, 4.69) is 29.5 Å². The zero-order valence-corrected chi connectivity index (χ0v) is 17.9. The molecule has 1 aliphatic heterocycles. The zero-order chi connectivity index (χ0) is 21.0. The summed E-state index contributed by atoms with van der Waals surface area (Å²) in [6.45, 7) is 7.60. The number of nitrogens with one attached hydrogen (secondary N) is 2. The Morgan fingerprint density at radius 3 is 2.80 bits per heavy atom. The van der Waals surface area contributed by atoms with Gasteiger partial charge in [0.1, 0.15) is 0 Å². The molecule has 0 radical (unpaired) electrons. The molecular formula is C23H32N4O3. The molecule has 0 saturated carbocycles. The van der Waals surface area contributed by atoms with Crippen LogP contribution < -0.4 is 20.1 Å². The molecule has 30 heavy (non-hydrogen) atoms.